The van der Waals surface area contributed by atoms with E-state index in [0.717, 1.165) is 25.5 Å². The minimum Gasteiger partial charge on any atom is -0.366 e. The fourth-order valence-electron chi connectivity index (χ4n) is 3.29. The summed E-state index contributed by atoms with van der Waals surface area (Å²) in [7, 11) is 1.96. The van der Waals surface area contributed by atoms with E-state index in [2.05, 4.69) is 25.9 Å². The average molecular weight is 358 g/mol. The number of amides is 1. The average Bonchev–Trinajstić information content (AvgIpc) is 2.62. The zero-order valence-electron chi connectivity index (χ0n) is 14.6. The molecule has 1 fully saturated rings. The maximum atomic E-state index is 13.4. The zero-order chi connectivity index (χ0) is 18.5. The summed E-state index contributed by atoms with van der Waals surface area (Å²) in [6.45, 7) is 0. The van der Waals surface area contributed by atoms with Crippen molar-refractivity contribution in [3.8, 4) is 0 Å². The van der Waals surface area contributed by atoms with Crippen LogP contribution in [0.4, 0.5) is 21.7 Å². The van der Waals surface area contributed by atoms with Gasteiger partial charge in [-0.1, -0.05) is 12.8 Å². The highest BCUT2D eigenvalue weighted by Gasteiger charge is 2.24. The van der Waals surface area contributed by atoms with Crippen LogP contribution in [-0.2, 0) is 0 Å². The molecule has 8 heteroatoms. The molecule has 0 saturated heterocycles. The Morgan fingerprint density at radius 3 is 2.69 bits per heavy atom. The molecule has 0 spiro atoms. The van der Waals surface area contributed by atoms with Gasteiger partial charge in [0.2, 0.25) is 0 Å². The number of rotatable bonds is 6. The lowest BCUT2D eigenvalue weighted by Gasteiger charge is -2.32. The van der Waals surface area contributed by atoms with Crippen molar-refractivity contribution in [3.63, 3.8) is 0 Å². The van der Waals surface area contributed by atoms with Crippen molar-refractivity contribution in [1.29, 1.82) is 0 Å². The van der Waals surface area contributed by atoms with E-state index in [0.29, 0.717) is 17.5 Å². The van der Waals surface area contributed by atoms with Gasteiger partial charge in [0, 0.05) is 18.2 Å². The van der Waals surface area contributed by atoms with Crippen LogP contribution in [0.3, 0.4) is 0 Å². The molecule has 26 heavy (non-hydrogen) atoms. The summed E-state index contributed by atoms with van der Waals surface area (Å²) in [6.07, 6.45) is 7.07. The molecule has 0 bridgehead atoms. The van der Waals surface area contributed by atoms with Gasteiger partial charge in [0.15, 0.2) is 0 Å². The Morgan fingerprint density at radius 2 is 2.00 bits per heavy atom. The van der Waals surface area contributed by atoms with Gasteiger partial charge in [-0.2, -0.15) is 0 Å². The van der Waals surface area contributed by atoms with Gasteiger partial charge in [-0.15, -0.1) is 0 Å². The zero-order valence-corrected chi connectivity index (χ0v) is 14.6. The van der Waals surface area contributed by atoms with Crippen LogP contribution < -0.4 is 21.7 Å². The van der Waals surface area contributed by atoms with Crippen molar-refractivity contribution < 1.29 is 9.18 Å². The second-order valence-corrected chi connectivity index (χ2v) is 6.40. The number of pyridine rings is 2. The quantitative estimate of drug-likeness (QED) is 0.632. The van der Waals surface area contributed by atoms with Crippen LogP contribution in [-0.4, -0.2) is 35.0 Å². The van der Waals surface area contributed by atoms with E-state index >= 15 is 0 Å². The molecule has 1 amide bonds. The molecule has 1 aliphatic rings. The number of nitrogens with zero attached hydrogens (tertiary/aromatic N) is 2. The summed E-state index contributed by atoms with van der Waals surface area (Å²) in [4.78, 5) is 20.0. The second kappa shape index (κ2) is 8.09. The third-order valence-corrected chi connectivity index (χ3v) is 4.60. The Kier molecular flexibility index (Phi) is 5.62. The topological polar surface area (TPSA) is 105 Å². The third-order valence-electron chi connectivity index (χ3n) is 4.60. The van der Waals surface area contributed by atoms with Crippen LogP contribution in [0.5, 0.6) is 0 Å². The van der Waals surface area contributed by atoms with Crippen molar-refractivity contribution in [1.82, 2.24) is 15.3 Å². The van der Waals surface area contributed by atoms with Crippen molar-refractivity contribution >= 4 is 23.2 Å². The molecule has 138 valence electrons. The minimum absolute atomic E-state index is 0.230. The van der Waals surface area contributed by atoms with Gasteiger partial charge in [-0.3, -0.25) is 9.78 Å². The van der Waals surface area contributed by atoms with Crippen molar-refractivity contribution in [2.75, 3.05) is 17.7 Å². The molecular formula is C18H23FN6O. The number of nitrogens with one attached hydrogen (secondary N) is 3. The maximum absolute atomic E-state index is 13.4. The number of likely N-dealkylation sites (N-methyl/N-ethyl adjacent to an activating group) is 1. The molecule has 5 N–H and O–H groups in total. The number of carbonyl (C=O) groups is 1. The number of carbonyl (C=O) groups excluding carboxylic acids is 1. The van der Waals surface area contributed by atoms with Gasteiger partial charge in [0.05, 0.1) is 23.6 Å². The summed E-state index contributed by atoms with van der Waals surface area (Å²) in [5.41, 5.74) is 6.06. The monoisotopic (exact) mass is 358 g/mol. The van der Waals surface area contributed by atoms with E-state index in [1.54, 1.807) is 12.1 Å². The maximum Gasteiger partial charge on any atom is 0.252 e. The molecule has 0 aromatic carbocycles. The lowest BCUT2D eigenvalue weighted by Crippen LogP contribution is -2.44. The van der Waals surface area contributed by atoms with E-state index in [1.807, 2.05) is 7.05 Å². The van der Waals surface area contributed by atoms with Gasteiger partial charge >= 0.3 is 0 Å². The number of halogens is 1. The molecular weight excluding hydrogens is 335 g/mol. The first-order valence-electron chi connectivity index (χ1n) is 8.69. The van der Waals surface area contributed by atoms with Gasteiger partial charge in [0.1, 0.15) is 17.5 Å². The van der Waals surface area contributed by atoms with Crippen LogP contribution in [0.1, 0.15) is 36.0 Å². The summed E-state index contributed by atoms with van der Waals surface area (Å²) in [5.74, 6) is -0.189. The second-order valence-electron chi connectivity index (χ2n) is 6.40. The molecule has 2 aromatic rings. The summed E-state index contributed by atoms with van der Waals surface area (Å²) >= 11 is 0. The van der Waals surface area contributed by atoms with Crippen molar-refractivity contribution in [2.24, 2.45) is 5.73 Å². The molecule has 0 radical (unpaired) electrons. The molecule has 7 nitrogen and oxygen atoms in total. The molecule has 0 aliphatic heterocycles. The van der Waals surface area contributed by atoms with E-state index in [4.69, 9.17) is 5.73 Å². The number of hydrogen-bond acceptors (Lipinski definition) is 6. The predicted octanol–water partition coefficient (Wildman–Crippen LogP) is 2.40. The Morgan fingerprint density at radius 1 is 1.23 bits per heavy atom. The first kappa shape index (κ1) is 18.1. The first-order chi connectivity index (χ1) is 12.6. The van der Waals surface area contributed by atoms with E-state index in [-0.39, 0.29) is 17.4 Å². The van der Waals surface area contributed by atoms with Gasteiger partial charge in [0.25, 0.3) is 5.91 Å². The standard InChI is InChI=1S/C18H23FN6O/c1-21-14-4-2-3-5-15(14)24-16-7-6-13(17(20)26)18(25-16)23-12-8-11(19)9-22-10-12/h6-10,14-15,21H,2-5H2,1H3,(H2,20,26)(H2,23,24,25). The Hall–Kier alpha value is -2.74. The molecule has 2 heterocycles. The van der Waals surface area contributed by atoms with Gasteiger partial charge in [-0.05, 0) is 32.0 Å². The highest BCUT2D eigenvalue weighted by atomic mass is 19.1. The first-order valence-corrected chi connectivity index (χ1v) is 8.69. The van der Waals surface area contributed by atoms with Crippen LogP contribution in [0, 0.1) is 5.82 Å². The molecule has 2 unspecified atom stereocenters. The molecule has 2 aromatic heterocycles. The van der Waals surface area contributed by atoms with Crippen molar-refractivity contribution in [2.45, 2.75) is 37.8 Å². The Balaban J connectivity index is 1.85. The summed E-state index contributed by atoms with van der Waals surface area (Å²) in [5, 5.41) is 9.69. The largest absolute Gasteiger partial charge is 0.366 e. The lowest BCUT2D eigenvalue weighted by atomic mass is 9.90. The molecule has 2 atom stereocenters. The highest BCUT2D eigenvalue weighted by Crippen LogP contribution is 2.25. The van der Waals surface area contributed by atoms with Crippen molar-refractivity contribution in [3.05, 3.63) is 42.0 Å². The van der Waals surface area contributed by atoms with E-state index in [1.165, 1.54) is 18.7 Å². The van der Waals surface area contributed by atoms with E-state index in [9.17, 15) is 9.18 Å². The number of hydrogen-bond donors (Lipinski definition) is 4. The van der Waals surface area contributed by atoms with Crippen LogP contribution >= 0.6 is 0 Å². The summed E-state index contributed by atoms with van der Waals surface area (Å²) < 4.78 is 13.4. The van der Waals surface area contributed by atoms with E-state index < -0.39 is 11.7 Å². The van der Waals surface area contributed by atoms with Gasteiger partial charge in [-0.25, -0.2) is 9.37 Å². The predicted molar refractivity (Wildman–Crippen MR) is 99.0 cm³/mol. The smallest absolute Gasteiger partial charge is 0.252 e. The van der Waals surface area contributed by atoms with Crippen LogP contribution in [0.2, 0.25) is 0 Å². The number of nitrogens with two attached hydrogens (primary N) is 1. The SMILES string of the molecule is CNC1CCCCC1Nc1ccc(C(N)=O)c(Nc2cncc(F)c2)n1. The lowest BCUT2D eigenvalue weighted by molar-refractivity contribution is 0.100. The Bertz CT molecular complexity index is 784. The minimum atomic E-state index is -0.610. The number of primary amides is 1. The fraction of sp³-hybridized carbons (Fsp3) is 0.389. The molecule has 1 aliphatic carbocycles. The normalized spacial score (nSPS) is 19.8. The summed E-state index contributed by atoms with van der Waals surface area (Å²) in [6, 6.07) is 5.24. The van der Waals surface area contributed by atoms with Crippen LogP contribution in [0.15, 0.2) is 30.6 Å². The Labute approximate surface area is 151 Å². The molecule has 1 saturated carbocycles. The molecule has 3 rings (SSSR count). The fourth-order valence-corrected chi connectivity index (χ4v) is 3.29. The number of aromatic nitrogens is 2. The van der Waals surface area contributed by atoms with Crippen LogP contribution in [0.25, 0.3) is 0 Å². The van der Waals surface area contributed by atoms with Gasteiger partial charge < -0.3 is 21.7 Å². The third kappa shape index (κ3) is 4.26. The highest BCUT2D eigenvalue weighted by molar-refractivity contribution is 5.98. The number of anilines is 3.